The van der Waals surface area contributed by atoms with E-state index in [4.69, 9.17) is 9.47 Å². The Morgan fingerprint density at radius 3 is 2.16 bits per heavy atom. The summed E-state index contributed by atoms with van der Waals surface area (Å²) in [5.41, 5.74) is 2.99. The van der Waals surface area contributed by atoms with Crippen LogP contribution in [0.15, 0.2) is 114 Å². The number of ether oxygens (including phenoxy) is 2. The first-order valence-electron chi connectivity index (χ1n) is 12.2. The van der Waals surface area contributed by atoms with Gasteiger partial charge in [-0.3, -0.25) is 14.6 Å². The minimum Gasteiger partial charge on any atom is -0.457 e. The van der Waals surface area contributed by atoms with Crippen LogP contribution in [0.2, 0.25) is 0 Å². The molecule has 4 rings (SSSR count). The smallest absolute Gasteiger partial charge is 0.249 e. The van der Waals surface area contributed by atoms with Gasteiger partial charge in [-0.2, -0.15) is 0 Å². The molecule has 0 fully saturated rings. The Morgan fingerprint density at radius 2 is 1.45 bits per heavy atom. The Hall–Kier alpha value is -4.75. The van der Waals surface area contributed by atoms with Crippen molar-refractivity contribution < 1.29 is 19.1 Å². The van der Waals surface area contributed by atoms with Gasteiger partial charge in [-0.1, -0.05) is 60.7 Å². The zero-order valence-electron chi connectivity index (χ0n) is 20.9. The number of hydrogen-bond donors (Lipinski definition) is 2. The molecule has 0 spiro atoms. The van der Waals surface area contributed by atoms with Gasteiger partial charge in [-0.25, -0.2) is 0 Å². The Morgan fingerprint density at radius 1 is 0.789 bits per heavy atom. The monoisotopic (exact) mass is 507 g/mol. The summed E-state index contributed by atoms with van der Waals surface area (Å²) in [7, 11) is 0. The Kier molecular flexibility index (Phi) is 9.37. The van der Waals surface area contributed by atoms with Crippen molar-refractivity contribution in [3.05, 3.63) is 120 Å². The number of rotatable bonds is 12. The second-order valence-corrected chi connectivity index (χ2v) is 8.55. The lowest BCUT2D eigenvalue weighted by Crippen LogP contribution is -2.47. The predicted octanol–water partition coefficient (Wildman–Crippen LogP) is 5.69. The maximum Gasteiger partial charge on any atom is 0.249 e. The third-order valence-corrected chi connectivity index (χ3v) is 5.61. The van der Waals surface area contributed by atoms with Crippen LogP contribution < -0.4 is 15.4 Å². The molecule has 4 aromatic rings. The molecule has 0 radical (unpaired) electrons. The molecule has 0 aliphatic rings. The number of aliphatic imine (C=N–C) groups is 1. The van der Waals surface area contributed by atoms with E-state index in [1.165, 1.54) is 0 Å². The van der Waals surface area contributed by atoms with Gasteiger partial charge in [0.15, 0.2) is 0 Å². The molecule has 0 aliphatic carbocycles. The van der Waals surface area contributed by atoms with Crippen molar-refractivity contribution >= 4 is 29.9 Å². The van der Waals surface area contributed by atoms with Crippen molar-refractivity contribution in [2.75, 3.05) is 11.9 Å². The highest BCUT2D eigenvalue weighted by Crippen LogP contribution is 2.22. The van der Waals surface area contributed by atoms with Crippen molar-refractivity contribution in [3.63, 3.8) is 0 Å². The fraction of sp³-hybridized carbons (Fsp3) is 0.129. The molecule has 0 bridgehead atoms. The largest absolute Gasteiger partial charge is 0.457 e. The summed E-state index contributed by atoms with van der Waals surface area (Å²) in [6.45, 7) is 3.85. The van der Waals surface area contributed by atoms with Crippen LogP contribution in [0.25, 0.3) is 0 Å². The van der Waals surface area contributed by atoms with E-state index in [1.54, 1.807) is 36.4 Å². The number of nitrogens with one attached hydrogen (secondary N) is 2. The highest BCUT2D eigenvalue weighted by molar-refractivity contribution is 5.97. The van der Waals surface area contributed by atoms with E-state index < -0.39 is 6.04 Å². The zero-order valence-corrected chi connectivity index (χ0v) is 20.9. The van der Waals surface area contributed by atoms with E-state index in [0.29, 0.717) is 23.7 Å². The van der Waals surface area contributed by atoms with E-state index >= 15 is 0 Å². The summed E-state index contributed by atoms with van der Waals surface area (Å²) in [6.07, 6.45) is 0.0946. The van der Waals surface area contributed by atoms with E-state index in [2.05, 4.69) is 22.3 Å². The summed E-state index contributed by atoms with van der Waals surface area (Å²) in [4.78, 5) is 29.9. The fourth-order valence-electron chi connectivity index (χ4n) is 3.71. The minimum atomic E-state index is -0.896. The lowest BCUT2D eigenvalue weighted by Gasteiger charge is -2.19. The Balaban J connectivity index is 1.39. The minimum absolute atomic E-state index is 0.00984. The van der Waals surface area contributed by atoms with Crippen LogP contribution in [0.4, 0.5) is 11.4 Å². The fourth-order valence-corrected chi connectivity index (χ4v) is 3.71. The molecule has 192 valence electrons. The van der Waals surface area contributed by atoms with E-state index in [9.17, 15) is 9.59 Å². The van der Waals surface area contributed by atoms with Gasteiger partial charge < -0.3 is 20.1 Å². The molecular formula is C31H29N3O4. The molecule has 2 N–H and O–H groups in total. The van der Waals surface area contributed by atoms with Crippen LogP contribution in [0, 0.1) is 0 Å². The molecule has 0 aliphatic heterocycles. The number of nitrogens with zero attached hydrogens (tertiary/aromatic N) is 1. The van der Waals surface area contributed by atoms with Crippen molar-refractivity contribution in [1.82, 2.24) is 5.32 Å². The predicted molar refractivity (Wildman–Crippen MR) is 149 cm³/mol. The number of carbonyl (C=O) groups is 2. The first-order chi connectivity index (χ1) is 18.6. The third kappa shape index (κ3) is 8.15. The molecule has 4 aromatic carbocycles. The van der Waals surface area contributed by atoms with Gasteiger partial charge >= 0.3 is 0 Å². The standard InChI is InChI=1S/C31H29N3O4/c1-32-26-12-8-11-24(19-26)20-30(35)34-29(22-37-21-23-9-4-2-5-10-23)31(36)33-25-15-17-28(18-16-25)38-27-13-6-3-7-14-27/h2-19,29H,1,20-22H2,(H,33,36)(H,34,35). The summed E-state index contributed by atoms with van der Waals surface area (Å²) in [5.74, 6) is 0.671. The molecular weight excluding hydrogens is 478 g/mol. The molecule has 0 saturated carbocycles. The van der Waals surface area contributed by atoms with Crippen LogP contribution >= 0.6 is 0 Å². The number of hydrogen-bond acceptors (Lipinski definition) is 5. The van der Waals surface area contributed by atoms with Gasteiger partial charge in [0.2, 0.25) is 11.8 Å². The number of anilines is 1. The van der Waals surface area contributed by atoms with E-state index in [-0.39, 0.29) is 24.8 Å². The third-order valence-electron chi connectivity index (χ3n) is 5.61. The second kappa shape index (κ2) is 13.5. The van der Waals surface area contributed by atoms with Crippen molar-refractivity contribution in [2.45, 2.75) is 19.1 Å². The highest BCUT2D eigenvalue weighted by Gasteiger charge is 2.22. The molecule has 2 amide bonds. The van der Waals surface area contributed by atoms with Crippen molar-refractivity contribution in [2.24, 2.45) is 4.99 Å². The van der Waals surface area contributed by atoms with E-state index in [1.807, 2.05) is 72.8 Å². The van der Waals surface area contributed by atoms with Gasteiger partial charge in [0.05, 0.1) is 25.3 Å². The van der Waals surface area contributed by atoms with Gasteiger partial charge in [-0.05, 0) is 66.4 Å². The summed E-state index contributed by atoms with van der Waals surface area (Å²) < 4.78 is 11.6. The summed E-state index contributed by atoms with van der Waals surface area (Å²) >= 11 is 0. The van der Waals surface area contributed by atoms with Gasteiger partial charge in [0.1, 0.15) is 17.5 Å². The number of amides is 2. The number of carbonyl (C=O) groups excluding carboxylic acids is 2. The van der Waals surface area contributed by atoms with Gasteiger partial charge in [-0.15, -0.1) is 0 Å². The van der Waals surface area contributed by atoms with Gasteiger partial charge in [0, 0.05) is 5.69 Å². The summed E-state index contributed by atoms with van der Waals surface area (Å²) in [5, 5.41) is 5.66. The molecule has 0 saturated heterocycles. The summed E-state index contributed by atoms with van der Waals surface area (Å²) in [6, 6.07) is 32.4. The Bertz CT molecular complexity index is 1340. The first kappa shape index (κ1) is 26.3. The number of para-hydroxylation sites is 1. The van der Waals surface area contributed by atoms with Crippen LogP contribution in [0.1, 0.15) is 11.1 Å². The maximum atomic E-state index is 13.2. The Labute approximate surface area is 222 Å². The van der Waals surface area contributed by atoms with Crippen LogP contribution in [0.3, 0.4) is 0 Å². The van der Waals surface area contributed by atoms with E-state index in [0.717, 1.165) is 16.9 Å². The highest BCUT2D eigenvalue weighted by atomic mass is 16.5. The maximum absolute atomic E-state index is 13.2. The number of benzene rings is 4. The SMILES string of the molecule is C=Nc1cccc(CC(=O)NC(COCc2ccccc2)C(=O)Nc2ccc(Oc3ccccc3)cc2)c1. The second-order valence-electron chi connectivity index (χ2n) is 8.55. The van der Waals surface area contributed by atoms with Crippen LogP contribution in [-0.2, 0) is 27.4 Å². The lowest BCUT2D eigenvalue weighted by atomic mass is 10.1. The van der Waals surface area contributed by atoms with Gasteiger partial charge in [0.25, 0.3) is 0 Å². The normalized spacial score (nSPS) is 11.3. The van der Waals surface area contributed by atoms with Crippen molar-refractivity contribution in [3.8, 4) is 11.5 Å². The average molecular weight is 508 g/mol. The quantitative estimate of drug-likeness (QED) is 0.241. The lowest BCUT2D eigenvalue weighted by molar-refractivity contribution is -0.127. The molecule has 7 nitrogen and oxygen atoms in total. The molecule has 38 heavy (non-hydrogen) atoms. The molecule has 0 heterocycles. The van der Waals surface area contributed by atoms with Crippen LogP contribution in [0.5, 0.6) is 11.5 Å². The average Bonchev–Trinajstić information content (AvgIpc) is 2.95. The topological polar surface area (TPSA) is 89.0 Å². The molecule has 1 atom stereocenters. The first-order valence-corrected chi connectivity index (χ1v) is 12.2. The van der Waals surface area contributed by atoms with Crippen molar-refractivity contribution in [1.29, 1.82) is 0 Å². The zero-order chi connectivity index (χ0) is 26.6. The molecule has 0 aromatic heterocycles. The molecule has 7 heteroatoms. The van der Waals surface area contributed by atoms with Crippen LogP contribution in [-0.4, -0.2) is 31.2 Å². The molecule has 1 unspecified atom stereocenters.